The van der Waals surface area contributed by atoms with Crippen molar-refractivity contribution in [2.75, 3.05) is 31.7 Å². The van der Waals surface area contributed by atoms with Crippen molar-refractivity contribution >= 4 is 5.82 Å². The fourth-order valence-electron chi connectivity index (χ4n) is 1.49. The van der Waals surface area contributed by atoms with Gasteiger partial charge in [0.1, 0.15) is 5.82 Å². The van der Waals surface area contributed by atoms with E-state index in [1.54, 1.807) is 20.2 Å². The molecule has 4 nitrogen and oxygen atoms in total. The van der Waals surface area contributed by atoms with E-state index >= 15 is 0 Å². The predicted octanol–water partition coefficient (Wildman–Crippen LogP) is 1.77. The SMILES string of the molecule is C=CCN(CCOC)c1ccc([C@H](C)O)cn1. The van der Waals surface area contributed by atoms with Crippen LogP contribution in [-0.2, 0) is 4.74 Å². The maximum Gasteiger partial charge on any atom is 0.128 e. The maximum atomic E-state index is 9.41. The number of ether oxygens (including phenoxy) is 1. The number of aliphatic hydroxyl groups excluding tert-OH is 1. The largest absolute Gasteiger partial charge is 0.389 e. The highest BCUT2D eigenvalue weighted by atomic mass is 16.5. The van der Waals surface area contributed by atoms with Crippen molar-refractivity contribution in [3.63, 3.8) is 0 Å². The van der Waals surface area contributed by atoms with Crippen molar-refractivity contribution in [3.05, 3.63) is 36.5 Å². The lowest BCUT2D eigenvalue weighted by Crippen LogP contribution is -2.28. The Morgan fingerprint density at radius 1 is 1.59 bits per heavy atom. The van der Waals surface area contributed by atoms with Crippen LogP contribution in [0.25, 0.3) is 0 Å². The molecule has 94 valence electrons. The van der Waals surface area contributed by atoms with Crippen LogP contribution in [0, 0.1) is 0 Å². The molecule has 1 aromatic rings. The highest BCUT2D eigenvalue weighted by Gasteiger charge is 2.07. The van der Waals surface area contributed by atoms with Crippen LogP contribution >= 0.6 is 0 Å². The lowest BCUT2D eigenvalue weighted by Gasteiger charge is -2.22. The zero-order valence-corrected chi connectivity index (χ0v) is 10.5. The molecular weight excluding hydrogens is 216 g/mol. The summed E-state index contributed by atoms with van der Waals surface area (Å²) in [5.74, 6) is 0.867. The first-order chi connectivity index (χ1) is 8.19. The molecule has 0 spiro atoms. The summed E-state index contributed by atoms with van der Waals surface area (Å²) in [6, 6.07) is 3.79. The second-order valence-electron chi connectivity index (χ2n) is 3.85. The van der Waals surface area contributed by atoms with Crippen molar-refractivity contribution in [2.45, 2.75) is 13.0 Å². The summed E-state index contributed by atoms with van der Waals surface area (Å²) in [6.45, 7) is 7.60. The molecule has 0 fully saturated rings. The van der Waals surface area contributed by atoms with Crippen molar-refractivity contribution in [3.8, 4) is 0 Å². The lowest BCUT2D eigenvalue weighted by molar-refractivity contribution is 0.198. The van der Waals surface area contributed by atoms with Crippen LogP contribution in [0.4, 0.5) is 5.82 Å². The molecular formula is C13H20N2O2. The van der Waals surface area contributed by atoms with Crippen LogP contribution in [0.5, 0.6) is 0 Å². The van der Waals surface area contributed by atoms with E-state index in [1.807, 2.05) is 18.2 Å². The molecule has 1 heterocycles. The highest BCUT2D eigenvalue weighted by Crippen LogP contribution is 2.15. The minimum atomic E-state index is -0.483. The average molecular weight is 236 g/mol. The molecule has 0 radical (unpaired) electrons. The van der Waals surface area contributed by atoms with E-state index in [4.69, 9.17) is 4.74 Å². The molecule has 17 heavy (non-hydrogen) atoms. The van der Waals surface area contributed by atoms with E-state index < -0.39 is 6.10 Å². The van der Waals surface area contributed by atoms with Gasteiger partial charge in [0.2, 0.25) is 0 Å². The van der Waals surface area contributed by atoms with Crippen molar-refractivity contribution in [2.24, 2.45) is 0 Å². The van der Waals surface area contributed by atoms with Gasteiger partial charge in [-0.2, -0.15) is 0 Å². The number of aromatic nitrogens is 1. The molecule has 0 saturated carbocycles. The second kappa shape index (κ2) is 7.04. The second-order valence-corrected chi connectivity index (χ2v) is 3.85. The van der Waals surface area contributed by atoms with E-state index in [1.165, 1.54) is 0 Å². The van der Waals surface area contributed by atoms with Crippen molar-refractivity contribution in [1.29, 1.82) is 0 Å². The number of hydrogen-bond acceptors (Lipinski definition) is 4. The first kappa shape index (κ1) is 13.7. The zero-order valence-electron chi connectivity index (χ0n) is 10.5. The Labute approximate surface area is 103 Å². The van der Waals surface area contributed by atoms with Crippen molar-refractivity contribution < 1.29 is 9.84 Å². The highest BCUT2D eigenvalue weighted by molar-refractivity contribution is 5.40. The molecule has 1 N–H and O–H groups in total. The molecule has 1 aromatic heterocycles. The molecule has 0 amide bonds. The third kappa shape index (κ3) is 4.17. The summed E-state index contributed by atoms with van der Waals surface area (Å²) >= 11 is 0. The molecule has 0 aromatic carbocycles. The topological polar surface area (TPSA) is 45.6 Å². The third-order valence-corrected chi connectivity index (χ3v) is 2.49. The summed E-state index contributed by atoms with van der Waals surface area (Å²) in [6.07, 6.45) is 3.05. The number of aliphatic hydroxyl groups is 1. The van der Waals surface area contributed by atoms with Gasteiger partial charge in [-0.3, -0.25) is 0 Å². The number of nitrogens with zero attached hydrogens (tertiary/aromatic N) is 2. The molecule has 0 saturated heterocycles. The molecule has 1 atom stereocenters. The van der Waals surface area contributed by atoms with Crippen LogP contribution in [0.1, 0.15) is 18.6 Å². The van der Waals surface area contributed by atoms with Gasteiger partial charge in [0.05, 0.1) is 12.7 Å². The van der Waals surface area contributed by atoms with E-state index in [0.717, 1.165) is 24.5 Å². The Balaban J connectivity index is 2.75. The molecule has 0 aliphatic heterocycles. The monoisotopic (exact) mass is 236 g/mol. The number of hydrogen-bond donors (Lipinski definition) is 1. The molecule has 0 aliphatic rings. The summed E-state index contributed by atoms with van der Waals surface area (Å²) in [5.41, 5.74) is 0.819. The van der Waals surface area contributed by atoms with Gasteiger partial charge in [-0.15, -0.1) is 6.58 Å². The summed E-state index contributed by atoms with van der Waals surface area (Å²) in [7, 11) is 1.68. The number of methoxy groups -OCH3 is 1. The Morgan fingerprint density at radius 2 is 2.35 bits per heavy atom. The quantitative estimate of drug-likeness (QED) is 0.733. The fourth-order valence-corrected chi connectivity index (χ4v) is 1.49. The standard InChI is InChI=1S/C13H20N2O2/c1-4-7-15(8-9-17-3)13-6-5-12(10-14-13)11(2)16/h4-6,10-11,16H,1,7-9H2,2-3H3/t11-/m0/s1. The van der Waals surface area contributed by atoms with Gasteiger partial charge in [0, 0.05) is 26.4 Å². The van der Waals surface area contributed by atoms with Crippen LogP contribution in [0.2, 0.25) is 0 Å². The minimum Gasteiger partial charge on any atom is -0.389 e. The van der Waals surface area contributed by atoms with Crippen molar-refractivity contribution in [1.82, 2.24) is 4.98 Å². The Kier molecular flexibility index (Phi) is 5.66. The smallest absolute Gasteiger partial charge is 0.128 e. The molecule has 4 heteroatoms. The zero-order chi connectivity index (χ0) is 12.7. The van der Waals surface area contributed by atoms with Gasteiger partial charge in [-0.05, 0) is 18.6 Å². The van der Waals surface area contributed by atoms with Crippen LogP contribution < -0.4 is 4.90 Å². The van der Waals surface area contributed by atoms with E-state index in [2.05, 4.69) is 16.5 Å². The Morgan fingerprint density at radius 3 is 2.82 bits per heavy atom. The van der Waals surface area contributed by atoms with Gasteiger partial charge in [0.15, 0.2) is 0 Å². The van der Waals surface area contributed by atoms with Gasteiger partial charge < -0.3 is 14.7 Å². The maximum absolute atomic E-state index is 9.41. The van der Waals surface area contributed by atoms with Crippen LogP contribution in [0.15, 0.2) is 31.0 Å². The summed E-state index contributed by atoms with van der Waals surface area (Å²) < 4.78 is 5.06. The average Bonchev–Trinajstić information content (AvgIpc) is 2.34. The van der Waals surface area contributed by atoms with Gasteiger partial charge in [-0.1, -0.05) is 12.1 Å². The van der Waals surface area contributed by atoms with Gasteiger partial charge >= 0.3 is 0 Å². The van der Waals surface area contributed by atoms with E-state index in [9.17, 15) is 5.11 Å². The summed E-state index contributed by atoms with van der Waals surface area (Å²) in [5, 5.41) is 9.41. The number of rotatable bonds is 7. The normalized spacial score (nSPS) is 12.2. The number of pyridine rings is 1. The first-order valence-corrected chi connectivity index (χ1v) is 5.67. The summed E-state index contributed by atoms with van der Waals surface area (Å²) in [4.78, 5) is 6.41. The van der Waals surface area contributed by atoms with E-state index in [0.29, 0.717) is 6.61 Å². The minimum absolute atomic E-state index is 0.483. The van der Waals surface area contributed by atoms with Gasteiger partial charge in [0.25, 0.3) is 0 Å². The number of anilines is 1. The molecule has 0 unspecified atom stereocenters. The predicted molar refractivity (Wildman–Crippen MR) is 69.2 cm³/mol. The van der Waals surface area contributed by atoms with Crippen LogP contribution in [0.3, 0.4) is 0 Å². The lowest BCUT2D eigenvalue weighted by atomic mass is 10.2. The van der Waals surface area contributed by atoms with Gasteiger partial charge in [-0.25, -0.2) is 4.98 Å². The molecule has 0 aliphatic carbocycles. The molecule has 1 rings (SSSR count). The van der Waals surface area contributed by atoms with E-state index in [-0.39, 0.29) is 0 Å². The van der Waals surface area contributed by atoms with Crippen LogP contribution in [-0.4, -0.2) is 36.9 Å². The first-order valence-electron chi connectivity index (χ1n) is 5.67. The third-order valence-electron chi connectivity index (χ3n) is 2.49. The fraction of sp³-hybridized carbons (Fsp3) is 0.462. The Hall–Kier alpha value is -1.39. The Bertz CT molecular complexity index is 336. The molecule has 0 bridgehead atoms.